The monoisotopic (exact) mass is 287 g/mol. The summed E-state index contributed by atoms with van der Waals surface area (Å²) in [7, 11) is 1.68. The van der Waals surface area contributed by atoms with Crippen LogP contribution in [-0.2, 0) is 19.4 Å². The average Bonchev–Trinajstić information content (AvgIpc) is 2.92. The number of halogens is 1. The fraction of sp³-hybridized carbons (Fsp3) is 0.294. The van der Waals surface area contributed by atoms with Gasteiger partial charge in [-0.05, 0) is 60.7 Å². The smallest absolute Gasteiger partial charge is 0.123 e. The van der Waals surface area contributed by atoms with Gasteiger partial charge in [-0.1, -0.05) is 17.7 Å². The van der Waals surface area contributed by atoms with Crippen LogP contribution in [0.2, 0.25) is 5.02 Å². The lowest BCUT2D eigenvalue weighted by molar-refractivity contribution is 0.410. The van der Waals surface area contributed by atoms with Gasteiger partial charge in [0.15, 0.2) is 0 Å². The fourth-order valence-electron chi connectivity index (χ4n) is 2.76. The maximum absolute atomic E-state index is 6.05. The van der Waals surface area contributed by atoms with Crippen LogP contribution in [0.25, 0.3) is 0 Å². The summed E-state index contributed by atoms with van der Waals surface area (Å²) in [6.45, 7) is 0.711. The van der Waals surface area contributed by atoms with E-state index in [2.05, 4.69) is 23.5 Å². The van der Waals surface area contributed by atoms with Gasteiger partial charge in [-0.3, -0.25) is 0 Å². The van der Waals surface area contributed by atoms with Crippen LogP contribution < -0.4 is 10.1 Å². The van der Waals surface area contributed by atoms with Crippen LogP contribution in [-0.4, -0.2) is 7.11 Å². The number of hydrogen-bond donors (Lipinski definition) is 1. The van der Waals surface area contributed by atoms with Gasteiger partial charge >= 0.3 is 0 Å². The number of methoxy groups -OCH3 is 1. The third-order valence-electron chi connectivity index (χ3n) is 3.82. The predicted molar refractivity (Wildman–Crippen MR) is 83.8 cm³/mol. The Balaban J connectivity index is 1.75. The molecule has 3 heteroatoms. The van der Waals surface area contributed by atoms with Gasteiger partial charge in [-0.25, -0.2) is 0 Å². The lowest BCUT2D eigenvalue weighted by Gasteiger charge is -2.12. The molecule has 20 heavy (non-hydrogen) atoms. The van der Waals surface area contributed by atoms with Crippen molar-refractivity contribution in [1.82, 2.24) is 0 Å². The first-order valence-corrected chi connectivity index (χ1v) is 7.32. The zero-order chi connectivity index (χ0) is 13.9. The number of hydrogen-bond acceptors (Lipinski definition) is 2. The SMILES string of the molecule is COc1ccc(Cl)cc1CNc1ccc2c(c1)CCC2. The lowest BCUT2D eigenvalue weighted by atomic mass is 10.1. The highest BCUT2D eigenvalue weighted by molar-refractivity contribution is 6.30. The summed E-state index contributed by atoms with van der Waals surface area (Å²) in [5.74, 6) is 0.864. The van der Waals surface area contributed by atoms with E-state index in [0.717, 1.165) is 22.0 Å². The Bertz CT molecular complexity index is 624. The number of ether oxygens (including phenoxy) is 1. The minimum Gasteiger partial charge on any atom is -0.496 e. The summed E-state index contributed by atoms with van der Waals surface area (Å²) in [5, 5.41) is 4.19. The Morgan fingerprint density at radius 1 is 1.10 bits per heavy atom. The number of nitrogens with one attached hydrogen (secondary N) is 1. The summed E-state index contributed by atoms with van der Waals surface area (Å²) in [6, 6.07) is 12.3. The Morgan fingerprint density at radius 3 is 2.80 bits per heavy atom. The first-order valence-electron chi connectivity index (χ1n) is 6.94. The number of fused-ring (bicyclic) bond motifs is 1. The van der Waals surface area contributed by atoms with E-state index in [1.807, 2.05) is 18.2 Å². The van der Waals surface area contributed by atoms with Gasteiger partial charge in [0, 0.05) is 22.8 Å². The predicted octanol–water partition coefficient (Wildman–Crippen LogP) is 4.45. The van der Waals surface area contributed by atoms with Crippen molar-refractivity contribution in [1.29, 1.82) is 0 Å². The minimum atomic E-state index is 0.711. The second-order valence-corrected chi connectivity index (χ2v) is 5.58. The molecule has 3 rings (SSSR count). The van der Waals surface area contributed by atoms with Crippen LogP contribution in [0, 0.1) is 0 Å². The molecular formula is C17H18ClNO. The van der Waals surface area contributed by atoms with E-state index in [-0.39, 0.29) is 0 Å². The lowest BCUT2D eigenvalue weighted by Crippen LogP contribution is -2.02. The maximum atomic E-state index is 6.05. The third kappa shape index (κ3) is 2.75. The van der Waals surface area contributed by atoms with Gasteiger partial charge in [-0.15, -0.1) is 0 Å². The van der Waals surface area contributed by atoms with E-state index in [1.54, 1.807) is 7.11 Å². The van der Waals surface area contributed by atoms with E-state index in [1.165, 1.54) is 30.4 Å². The van der Waals surface area contributed by atoms with Gasteiger partial charge in [0.2, 0.25) is 0 Å². The molecule has 0 amide bonds. The highest BCUT2D eigenvalue weighted by Gasteiger charge is 2.11. The molecule has 0 unspecified atom stereocenters. The number of benzene rings is 2. The molecule has 2 nitrogen and oxygen atoms in total. The van der Waals surface area contributed by atoms with E-state index in [4.69, 9.17) is 16.3 Å². The summed E-state index contributed by atoms with van der Waals surface area (Å²) in [6.07, 6.45) is 3.70. The molecule has 0 aliphatic heterocycles. The van der Waals surface area contributed by atoms with Crippen molar-refractivity contribution >= 4 is 17.3 Å². The second kappa shape index (κ2) is 5.76. The normalized spacial score (nSPS) is 13.1. The molecule has 0 saturated heterocycles. The molecular weight excluding hydrogens is 270 g/mol. The average molecular weight is 288 g/mol. The number of anilines is 1. The quantitative estimate of drug-likeness (QED) is 0.897. The molecule has 0 fully saturated rings. The Hall–Kier alpha value is -1.67. The fourth-order valence-corrected chi connectivity index (χ4v) is 2.96. The van der Waals surface area contributed by atoms with Gasteiger partial charge in [0.05, 0.1) is 7.11 Å². The van der Waals surface area contributed by atoms with Crippen LogP contribution in [0.5, 0.6) is 5.75 Å². The number of aryl methyl sites for hydroxylation is 2. The molecule has 104 valence electrons. The largest absolute Gasteiger partial charge is 0.496 e. The molecule has 0 saturated carbocycles. The molecule has 0 bridgehead atoms. The van der Waals surface area contributed by atoms with Crippen molar-refractivity contribution in [3.8, 4) is 5.75 Å². The molecule has 1 N–H and O–H groups in total. The minimum absolute atomic E-state index is 0.711. The van der Waals surface area contributed by atoms with Crippen molar-refractivity contribution in [3.05, 3.63) is 58.1 Å². The molecule has 1 aliphatic rings. The van der Waals surface area contributed by atoms with Crippen LogP contribution in [0.4, 0.5) is 5.69 Å². The Labute approximate surface area is 124 Å². The Kier molecular flexibility index (Phi) is 3.83. The summed E-state index contributed by atoms with van der Waals surface area (Å²) >= 11 is 6.05. The molecule has 0 spiro atoms. The van der Waals surface area contributed by atoms with Crippen molar-refractivity contribution < 1.29 is 4.74 Å². The van der Waals surface area contributed by atoms with E-state index in [0.29, 0.717) is 6.54 Å². The summed E-state index contributed by atoms with van der Waals surface area (Å²) in [4.78, 5) is 0. The van der Waals surface area contributed by atoms with Crippen LogP contribution in [0.3, 0.4) is 0 Å². The van der Waals surface area contributed by atoms with Gasteiger partial charge in [0.25, 0.3) is 0 Å². The topological polar surface area (TPSA) is 21.3 Å². The van der Waals surface area contributed by atoms with Crippen molar-refractivity contribution in [2.24, 2.45) is 0 Å². The zero-order valence-electron chi connectivity index (χ0n) is 11.6. The molecule has 0 heterocycles. The third-order valence-corrected chi connectivity index (χ3v) is 4.06. The summed E-state index contributed by atoms with van der Waals surface area (Å²) < 4.78 is 5.36. The van der Waals surface area contributed by atoms with Gasteiger partial charge in [0.1, 0.15) is 5.75 Å². The van der Waals surface area contributed by atoms with Crippen LogP contribution in [0.1, 0.15) is 23.1 Å². The van der Waals surface area contributed by atoms with Gasteiger partial charge in [-0.2, -0.15) is 0 Å². The van der Waals surface area contributed by atoms with E-state index in [9.17, 15) is 0 Å². The molecule has 0 radical (unpaired) electrons. The Morgan fingerprint density at radius 2 is 1.95 bits per heavy atom. The first-order chi connectivity index (χ1) is 9.76. The van der Waals surface area contributed by atoms with E-state index >= 15 is 0 Å². The highest BCUT2D eigenvalue weighted by atomic mass is 35.5. The van der Waals surface area contributed by atoms with Crippen LogP contribution >= 0.6 is 11.6 Å². The van der Waals surface area contributed by atoms with Gasteiger partial charge < -0.3 is 10.1 Å². The summed E-state index contributed by atoms with van der Waals surface area (Å²) in [5.41, 5.74) is 5.21. The maximum Gasteiger partial charge on any atom is 0.123 e. The van der Waals surface area contributed by atoms with Crippen LogP contribution in [0.15, 0.2) is 36.4 Å². The van der Waals surface area contributed by atoms with E-state index < -0.39 is 0 Å². The molecule has 1 aliphatic carbocycles. The number of rotatable bonds is 4. The first kappa shape index (κ1) is 13.3. The van der Waals surface area contributed by atoms with Crippen molar-refractivity contribution in [2.45, 2.75) is 25.8 Å². The van der Waals surface area contributed by atoms with Crippen molar-refractivity contribution in [2.75, 3.05) is 12.4 Å². The zero-order valence-corrected chi connectivity index (χ0v) is 12.3. The standard InChI is InChI=1S/C17H18ClNO/c1-20-17-8-6-15(18)9-14(17)11-19-16-7-5-12-3-2-4-13(12)10-16/h5-10,19H,2-4,11H2,1H3. The molecule has 0 aromatic heterocycles. The molecule has 2 aromatic carbocycles. The van der Waals surface area contributed by atoms with Crippen molar-refractivity contribution in [3.63, 3.8) is 0 Å². The molecule has 0 atom stereocenters. The molecule has 2 aromatic rings. The highest BCUT2D eigenvalue weighted by Crippen LogP contribution is 2.27. The second-order valence-electron chi connectivity index (χ2n) is 5.15.